The summed E-state index contributed by atoms with van der Waals surface area (Å²) in [5, 5.41) is 12.9. The van der Waals surface area contributed by atoms with E-state index in [4.69, 9.17) is 16.3 Å². The molecule has 8 heteroatoms. The zero-order valence-electron chi connectivity index (χ0n) is 18.0. The molecular formula is C26H20ClN5O2. The molecule has 168 valence electrons. The Balaban J connectivity index is 1.27. The highest BCUT2D eigenvalue weighted by Crippen LogP contribution is 2.29. The lowest BCUT2D eigenvalue weighted by Crippen LogP contribution is -2.17. The molecule has 0 unspecified atom stereocenters. The van der Waals surface area contributed by atoms with Crippen molar-refractivity contribution in [1.82, 2.24) is 20.6 Å². The second kappa shape index (κ2) is 9.64. The van der Waals surface area contributed by atoms with Gasteiger partial charge in [-0.25, -0.2) is 5.43 Å². The molecule has 2 aromatic heterocycles. The molecule has 5 aromatic rings. The van der Waals surface area contributed by atoms with Crippen molar-refractivity contribution < 1.29 is 9.53 Å². The predicted molar refractivity (Wildman–Crippen MR) is 133 cm³/mol. The minimum absolute atomic E-state index is 0.290. The number of carbonyl (C=O) groups excluding carboxylic acids is 1. The quantitative estimate of drug-likeness (QED) is 0.215. The summed E-state index contributed by atoms with van der Waals surface area (Å²) in [5.41, 5.74) is 7.08. The number of rotatable bonds is 7. The Morgan fingerprint density at radius 1 is 1.06 bits per heavy atom. The number of amides is 1. The van der Waals surface area contributed by atoms with Gasteiger partial charge in [-0.2, -0.15) is 10.2 Å². The molecule has 34 heavy (non-hydrogen) atoms. The average Bonchev–Trinajstić information content (AvgIpc) is 3.52. The summed E-state index contributed by atoms with van der Waals surface area (Å²) in [6, 6.07) is 24.6. The van der Waals surface area contributed by atoms with Crippen LogP contribution in [0, 0.1) is 0 Å². The van der Waals surface area contributed by atoms with Crippen molar-refractivity contribution in [3.63, 3.8) is 0 Å². The van der Waals surface area contributed by atoms with Gasteiger partial charge >= 0.3 is 0 Å². The second-order valence-corrected chi connectivity index (χ2v) is 8.00. The maximum absolute atomic E-state index is 12.6. The fraction of sp³-hybridized carbons (Fsp3) is 0.0385. The van der Waals surface area contributed by atoms with Crippen molar-refractivity contribution in [2.75, 3.05) is 0 Å². The van der Waals surface area contributed by atoms with Crippen molar-refractivity contribution in [2.45, 2.75) is 6.61 Å². The predicted octanol–water partition coefficient (Wildman–Crippen LogP) is 5.55. The zero-order chi connectivity index (χ0) is 23.3. The van der Waals surface area contributed by atoms with Crippen LogP contribution in [0.25, 0.3) is 22.2 Å². The molecule has 0 aliphatic heterocycles. The van der Waals surface area contributed by atoms with Gasteiger partial charge in [-0.1, -0.05) is 54.1 Å². The summed E-state index contributed by atoms with van der Waals surface area (Å²) >= 11 is 5.95. The third kappa shape index (κ3) is 4.69. The van der Waals surface area contributed by atoms with Gasteiger partial charge in [0.05, 0.1) is 11.9 Å². The van der Waals surface area contributed by atoms with Crippen LogP contribution in [0.2, 0.25) is 5.02 Å². The van der Waals surface area contributed by atoms with E-state index in [1.807, 2.05) is 79.0 Å². The zero-order valence-corrected chi connectivity index (χ0v) is 18.7. The molecule has 0 radical (unpaired) electrons. The molecule has 3 N–H and O–H groups in total. The van der Waals surface area contributed by atoms with Gasteiger partial charge in [0.15, 0.2) is 0 Å². The fourth-order valence-electron chi connectivity index (χ4n) is 3.54. The normalized spacial score (nSPS) is 11.2. The van der Waals surface area contributed by atoms with E-state index in [0.29, 0.717) is 28.8 Å². The first-order chi connectivity index (χ1) is 16.7. The second-order valence-electron chi connectivity index (χ2n) is 7.57. The van der Waals surface area contributed by atoms with Gasteiger partial charge in [0.25, 0.3) is 5.91 Å². The van der Waals surface area contributed by atoms with Crippen LogP contribution in [0.15, 0.2) is 90.2 Å². The van der Waals surface area contributed by atoms with E-state index in [0.717, 1.165) is 27.6 Å². The molecule has 3 aromatic carbocycles. The highest BCUT2D eigenvalue weighted by molar-refractivity contribution is 6.30. The number of nitrogens with zero attached hydrogens (tertiary/aromatic N) is 2. The number of H-pyrrole nitrogens is 2. The number of benzene rings is 3. The Kier molecular flexibility index (Phi) is 6.09. The molecule has 0 aliphatic carbocycles. The summed E-state index contributed by atoms with van der Waals surface area (Å²) in [5.74, 6) is 0.266. The first kappa shape index (κ1) is 21.5. The number of ether oxygens (including phenoxy) is 1. The van der Waals surface area contributed by atoms with Gasteiger partial charge < -0.3 is 9.72 Å². The van der Waals surface area contributed by atoms with Crippen LogP contribution in [0.1, 0.15) is 21.6 Å². The van der Waals surface area contributed by atoms with Crippen molar-refractivity contribution in [3.8, 4) is 17.0 Å². The van der Waals surface area contributed by atoms with Crippen LogP contribution in [0.4, 0.5) is 0 Å². The van der Waals surface area contributed by atoms with Gasteiger partial charge in [-0.05, 0) is 42.0 Å². The highest BCUT2D eigenvalue weighted by Gasteiger charge is 2.14. The number of nitrogens with one attached hydrogen (secondary N) is 3. The lowest BCUT2D eigenvalue weighted by Gasteiger charge is -2.10. The maximum Gasteiger partial charge on any atom is 0.289 e. The molecule has 5 rings (SSSR count). The summed E-state index contributed by atoms with van der Waals surface area (Å²) in [4.78, 5) is 15.7. The molecule has 1 amide bonds. The van der Waals surface area contributed by atoms with Crippen molar-refractivity contribution in [2.24, 2.45) is 5.10 Å². The average molecular weight is 470 g/mol. The number of aromatic nitrogens is 3. The Hall–Kier alpha value is -4.36. The Bertz CT molecular complexity index is 1470. The molecule has 0 fully saturated rings. The summed E-state index contributed by atoms with van der Waals surface area (Å²) in [6.45, 7) is 0.383. The largest absolute Gasteiger partial charge is 0.488 e. The van der Waals surface area contributed by atoms with Gasteiger partial charge in [0.1, 0.15) is 18.1 Å². The van der Waals surface area contributed by atoms with E-state index in [2.05, 4.69) is 25.7 Å². The van der Waals surface area contributed by atoms with E-state index in [1.165, 1.54) is 0 Å². The molecule has 0 saturated heterocycles. The molecule has 7 nitrogen and oxygen atoms in total. The Morgan fingerprint density at radius 2 is 1.85 bits per heavy atom. The lowest BCUT2D eigenvalue weighted by molar-refractivity contribution is 0.0950. The first-order valence-corrected chi connectivity index (χ1v) is 11.0. The van der Waals surface area contributed by atoms with Gasteiger partial charge in [-0.3, -0.25) is 9.89 Å². The van der Waals surface area contributed by atoms with Crippen molar-refractivity contribution in [1.29, 1.82) is 0 Å². The number of aromatic amines is 2. The molecule has 0 bridgehead atoms. The number of halogens is 1. The third-order valence-electron chi connectivity index (χ3n) is 5.28. The lowest BCUT2D eigenvalue weighted by atomic mass is 10.1. The van der Waals surface area contributed by atoms with Crippen LogP contribution in [-0.2, 0) is 6.61 Å². The summed E-state index contributed by atoms with van der Waals surface area (Å²) in [7, 11) is 0. The third-order valence-corrected chi connectivity index (χ3v) is 5.54. The number of fused-ring (bicyclic) bond motifs is 1. The Labute approximate surface area is 200 Å². The SMILES string of the molecule is O=C(N/N=C/c1c[nH]c2ccccc12)c1cc(-c2ccccc2OCc2ccc(Cl)cc2)n[nH]1. The number of hydrogen-bond acceptors (Lipinski definition) is 4. The van der Waals surface area contributed by atoms with E-state index in [-0.39, 0.29) is 0 Å². The van der Waals surface area contributed by atoms with Gasteiger partial charge in [0.2, 0.25) is 0 Å². The van der Waals surface area contributed by atoms with E-state index in [1.54, 1.807) is 12.3 Å². The van der Waals surface area contributed by atoms with Gasteiger partial charge in [0, 0.05) is 33.2 Å². The summed E-state index contributed by atoms with van der Waals surface area (Å²) in [6.07, 6.45) is 3.45. The topological polar surface area (TPSA) is 95.2 Å². The smallest absolute Gasteiger partial charge is 0.289 e. The number of carbonyl (C=O) groups is 1. The number of para-hydroxylation sites is 2. The monoisotopic (exact) mass is 469 g/mol. The van der Waals surface area contributed by atoms with Crippen LogP contribution in [-0.4, -0.2) is 27.3 Å². The van der Waals surface area contributed by atoms with Crippen LogP contribution >= 0.6 is 11.6 Å². The van der Waals surface area contributed by atoms with Crippen molar-refractivity contribution >= 4 is 34.6 Å². The Morgan fingerprint density at radius 3 is 2.74 bits per heavy atom. The minimum Gasteiger partial charge on any atom is -0.488 e. The van der Waals surface area contributed by atoms with Gasteiger partial charge in [-0.15, -0.1) is 0 Å². The molecular weight excluding hydrogens is 450 g/mol. The molecule has 0 atom stereocenters. The number of hydrogen-bond donors (Lipinski definition) is 3. The summed E-state index contributed by atoms with van der Waals surface area (Å²) < 4.78 is 6.00. The minimum atomic E-state index is -0.394. The number of hydrazone groups is 1. The maximum atomic E-state index is 12.6. The molecule has 0 spiro atoms. The first-order valence-electron chi connectivity index (χ1n) is 10.6. The van der Waals surface area contributed by atoms with Crippen LogP contribution in [0.3, 0.4) is 0 Å². The van der Waals surface area contributed by atoms with E-state index >= 15 is 0 Å². The molecule has 0 saturated carbocycles. The van der Waals surface area contributed by atoms with Crippen LogP contribution in [0.5, 0.6) is 5.75 Å². The highest BCUT2D eigenvalue weighted by atomic mass is 35.5. The van der Waals surface area contributed by atoms with Crippen molar-refractivity contribution in [3.05, 3.63) is 107 Å². The van der Waals surface area contributed by atoms with E-state index < -0.39 is 5.91 Å². The fourth-order valence-corrected chi connectivity index (χ4v) is 3.67. The van der Waals surface area contributed by atoms with E-state index in [9.17, 15) is 4.79 Å². The van der Waals surface area contributed by atoms with Crippen LogP contribution < -0.4 is 10.2 Å². The molecule has 0 aliphatic rings. The standard InChI is InChI=1S/C26H20ClN5O2/c27-19-11-9-17(10-12-19)16-34-25-8-4-2-6-21(25)23-13-24(31-30-23)26(33)32-29-15-18-14-28-22-7-3-1-5-20(18)22/h1-15,28H,16H2,(H,30,31)(H,32,33)/b29-15+. The molecule has 2 heterocycles.